The lowest BCUT2D eigenvalue weighted by atomic mass is 10.2. The van der Waals surface area contributed by atoms with E-state index in [-0.39, 0.29) is 5.70 Å². The minimum Gasteiger partial charge on any atom is -0.444 e. The molecule has 0 aliphatic rings. The van der Waals surface area contributed by atoms with Gasteiger partial charge in [0.15, 0.2) is 0 Å². The van der Waals surface area contributed by atoms with Gasteiger partial charge in [0.1, 0.15) is 10.8 Å². The maximum absolute atomic E-state index is 12.7. The first kappa shape index (κ1) is 18.5. The van der Waals surface area contributed by atoms with E-state index >= 15 is 0 Å². The Balaban J connectivity index is 5.12. The number of nitrogens with zero attached hydrogens (tertiary/aromatic N) is 1. The molecule has 114 valence electrons. The van der Waals surface area contributed by atoms with Crippen molar-refractivity contribution in [1.82, 2.24) is 5.32 Å². The van der Waals surface area contributed by atoms with Crippen LogP contribution in [0.25, 0.3) is 0 Å². The van der Waals surface area contributed by atoms with Crippen molar-refractivity contribution >= 4 is 24.4 Å². The molecule has 0 aromatic carbocycles. The summed E-state index contributed by atoms with van der Waals surface area (Å²) in [7, 11) is 0. The standard InChI is InChI=1S/C12H16ClF3N2O2/c1-7(18-10(19)20-11(2,3)4)6-8(9(13)17-5)12(14,15)16/h6H,5H2,1-4H3,(H,18,19)/b7-6+,9-8+. The number of hydrogen-bond donors (Lipinski definition) is 1. The zero-order chi connectivity index (χ0) is 16.1. The minimum absolute atomic E-state index is 0.0895. The average Bonchev–Trinajstić information content (AvgIpc) is 2.20. The van der Waals surface area contributed by atoms with Crippen LogP contribution in [0.3, 0.4) is 0 Å². The van der Waals surface area contributed by atoms with Gasteiger partial charge in [0, 0.05) is 5.70 Å². The zero-order valence-corrected chi connectivity index (χ0v) is 12.3. The molecule has 0 aromatic rings. The maximum Gasteiger partial charge on any atom is 0.419 e. The molecule has 0 unspecified atom stereocenters. The monoisotopic (exact) mass is 312 g/mol. The van der Waals surface area contributed by atoms with E-state index in [0.717, 1.165) is 0 Å². The van der Waals surface area contributed by atoms with Gasteiger partial charge < -0.3 is 4.74 Å². The number of nitrogens with one attached hydrogen (secondary N) is 1. The Hall–Kier alpha value is -1.50. The van der Waals surface area contributed by atoms with Crippen molar-refractivity contribution < 1.29 is 22.7 Å². The molecule has 0 saturated carbocycles. The highest BCUT2D eigenvalue weighted by molar-refractivity contribution is 6.30. The van der Waals surface area contributed by atoms with Crippen molar-refractivity contribution in [2.45, 2.75) is 39.5 Å². The van der Waals surface area contributed by atoms with E-state index in [1.807, 2.05) is 0 Å². The predicted octanol–water partition coefficient (Wildman–Crippen LogP) is 4.13. The van der Waals surface area contributed by atoms with E-state index in [1.54, 1.807) is 20.8 Å². The predicted molar refractivity (Wildman–Crippen MR) is 71.6 cm³/mol. The molecule has 8 heteroatoms. The molecule has 0 saturated heterocycles. The molecular weight excluding hydrogens is 297 g/mol. The number of aliphatic imine (C=N–C) groups is 1. The van der Waals surface area contributed by atoms with Crippen LogP contribution in [0.1, 0.15) is 27.7 Å². The maximum atomic E-state index is 12.7. The third-order valence-corrected chi connectivity index (χ3v) is 2.05. The Morgan fingerprint density at radius 3 is 2.20 bits per heavy atom. The van der Waals surface area contributed by atoms with Crippen molar-refractivity contribution in [2.24, 2.45) is 4.99 Å². The smallest absolute Gasteiger partial charge is 0.419 e. The van der Waals surface area contributed by atoms with E-state index in [0.29, 0.717) is 6.08 Å². The van der Waals surface area contributed by atoms with Gasteiger partial charge in [-0.05, 0) is 40.5 Å². The summed E-state index contributed by atoms with van der Waals surface area (Å²) in [6, 6.07) is 0. The highest BCUT2D eigenvalue weighted by atomic mass is 35.5. The number of rotatable bonds is 3. The normalized spacial score (nSPS) is 14.5. The Morgan fingerprint density at radius 1 is 1.35 bits per heavy atom. The summed E-state index contributed by atoms with van der Waals surface area (Å²) >= 11 is 5.34. The third kappa shape index (κ3) is 7.18. The van der Waals surface area contributed by atoms with E-state index in [1.165, 1.54) is 6.92 Å². The van der Waals surface area contributed by atoms with Crippen molar-refractivity contribution in [3.63, 3.8) is 0 Å². The number of halogens is 4. The lowest BCUT2D eigenvalue weighted by Gasteiger charge is -2.20. The number of ether oxygens (including phenoxy) is 1. The van der Waals surface area contributed by atoms with Gasteiger partial charge in [-0.1, -0.05) is 11.6 Å². The molecule has 0 radical (unpaired) electrons. The fourth-order valence-electron chi connectivity index (χ4n) is 1.06. The third-order valence-electron chi connectivity index (χ3n) is 1.73. The number of amides is 1. The van der Waals surface area contributed by atoms with Gasteiger partial charge in [0.2, 0.25) is 0 Å². The van der Waals surface area contributed by atoms with Crippen LogP contribution in [-0.2, 0) is 4.74 Å². The zero-order valence-electron chi connectivity index (χ0n) is 11.6. The van der Waals surface area contributed by atoms with Gasteiger partial charge in [-0.2, -0.15) is 13.2 Å². The van der Waals surface area contributed by atoms with Crippen molar-refractivity contribution in [2.75, 3.05) is 0 Å². The van der Waals surface area contributed by atoms with Crippen molar-refractivity contribution in [1.29, 1.82) is 0 Å². The Labute approximate surface area is 120 Å². The van der Waals surface area contributed by atoms with E-state index < -0.39 is 28.6 Å². The van der Waals surface area contributed by atoms with E-state index in [2.05, 4.69) is 17.0 Å². The van der Waals surface area contributed by atoms with Crippen LogP contribution in [0, 0.1) is 0 Å². The Morgan fingerprint density at radius 2 is 1.85 bits per heavy atom. The molecule has 0 atom stereocenters. The average molecular weight is 313 g/mol. The molecular formula is C12H16ClF3N2O2. The number of carbonyl (C=O) groups excluding carboxylic acids is 1. The van der Waals surface area contributed by atoms with Crippen LogP contribution in [0.2, 0.25) is 0 Å². The summed E-state index contributed by atoms with van der Waals surface area (Å²) in [5.41, 5.74) is -2.05. The SMILES string of the molecule is C=N/C(Cl)=C(\C=C(/C)NC(=O)OC(C)(C)C)C(F)(F)F. The molecule has 1 amide bonds. The first-order chi connectivity index (χ1) is 8.86. The van der Waals surface area contributed by atoms with Gasteiger partial charge in [0.05, 0.1) is 5.57 Å². The molecule has 1 N–H and O–H groups in total. The summed E-state index contributed by atoms with van der Waals surface area (Å²) in [5.74, 6) is 0. The molecule has 0 bridgehead atoms. The first-order valence-corrected chi connectivity index (χ1v) is 5.86. The summed E-state index contributed by atoms with van der Waals surface area (Å²) in [6.07, 6.45) is -4.92. The molecule has 0 spiro atoms. The summed E-state index contributed by atoms with van der Waals surface area (Å²) in [4.78, 5) is 14.4. The Bertz CT molecular complexity index is 449. The number of allylic oxidation sites excluding steroid dienone is 3. The lowest BCUT2D eigenvalue weighted by Crippen LogP contribution is -2.31. The number of alkyl carbamates (subject to hydrolysis) is 1. The molecule has 0 heterocycles. The number of carbonyl (C=O) groups is 1. The topological polar surface area (TPSA) is 50.7 Å². The minimum atomic E-state index is -4.71. The second-order valence-corrected chi connectivity index (χ2v) is 5.17. The summed E-state index contributed by atoms with van der Waals surface area (Å²) in [5, 5.41) is 1.36. The van der Waals surface area contributed by atoms with Crippen LogP contribution in [-0.4, -0.2) is 24.6 Å². The van der Waals surface area contributed by atoms with Crippen LogP contribution in [0.4, 0.5) is 18.0 Å². The largest absolute Gasteiger partial charge is 0.444 e. The van der Waals surface area contributed by atoms with E-state index in [9.17, 15) is 18.0 Å². The fourth-order valence-corrected chi connectivity index (χ4v) is 1.22. The van der Waals surface area contributed by atoms with Crippen LogP contribution in [0.5, 0.6) is 0 Å². The molecule has 0 aliphatic carbocycles. The van der Waals surface area contributed by atoms with Crippen LogP contribution >= 0.6 is 11.6 Å². The highest BCUT2D eigenvalue weighted by Crippen LogP contribution is 2.31. The molecule has 0 aromatic heterocycles. The van der Waals surface area contributed by atoms with E-state index in [4.69, 9.17) is 16.3 Å². The van der Waals surface area contributed by atoms with Crippen LogP contribution in [0.15, 0.2) is 27.5 Å². The number of alkyl halides is 3. The number of hydrogen-bond acceptors (Lipinski definition) is 3. The molecule has 0 fully saturated rings. The lowest BCUT2D eigenvalue weighted by molar-refractivity contribution is -0.0887. The second kappa shape index (κ2) is 6.78. The quantitative estimate of drug-likeness (QED) is 0.484. The first-order valence-electron chi connectivity index (χ1n) is 5.49. The molecule has 0 rings (SSSR count). The summed E-state index contributed by atoms with van der Waals surface area (Å²) < 4.78 is 43.0. The van der Waals surface area contributed by atoms with Gasteiger partial charge in [-0.3, -0.25) is 10.3 Å². The van der Waals surface area contributed by atoms with Gasteiger partial charge >= 0.3 is 12.3 Å². The molecule has 20 heavy (non-hydrogen) atoms. The summed E-state index contributed by atoms with van der Waals surface area (Å²) in [6.45, 7) is 9.09. The van der Waals surface area contributed by atoms with Gasteiger partial charge in [0.25, 0.3) is 0 Å². The van der Waals surface area contributed by atoms with Crippen LogP contribution < -0.4 is 5.32 Å². The van der Waals surface area contributed by atoms with Crippen molar-refractivity contribution in [3.8, 4) is 0 Å². The van der Waals surface area contributed by atoms with Crippen molar-refractivity contribution in [3.05, 3.63) is 22.5 Å². The fraction of sp³-hybridized carbons (Fsp3) is 0.500. The Kier molecular flexibility index (Phi) is 6.28. The second-order valence-electron chi connectivity index (χ2n) is 4.81. The van der Waals surface area contributed by atoms with Gasteiger partial charge in [-0.25, -0.2) is 4.79 Å². The molecule has 0 aliphatic heterocycles. The molecule has 4 nitrogen and oxygen atoms in total. The highest BCUT2D eigenvalue weighted by Gasteiger charge is 2.35. The van der Waals surface area contributed by atoms with Gasteiger partial charge in [-0.15, -0.1) is 0 Å².